The number of anilines is 1. The lowest BCUT2D eigenvalue weighted by Gasteiger charge is -2.04. The molecule has 1 heterocycles. The van der Waals surface area contributed by atoms with E-state index < -0.39 is 6.10 Å². The van der Waals surface area contributed by atoms with Gasteiger partial charge in [-0.15, -0.1) is 0 Å². The Morgan fingerprint density at radius 1 is 1.50 bits per heavy atom. The Morgan fingerprint density at radius 3 is 2.67 bits per heavy atom. The Labute approximate surface area is 73.8 Å². The van der Waals surface area contributed by atoms with Gasteiger partial charge in [0.25, 0.3) is 0 Å². The van der Waals surface area contributed by atoms with Gasteiger partial charge in [0.2, 0.25) is 11.2 Å². The Morgan fingerprint density at radius 2 is 2.17 bits per heavy atom. The van der Waals surface area contributed by atoms with E-state index in [0.717, 1.165) is 0 Å². The molecule has 0 amide bonds. The minimum absolute atomic E-state index is 0.00569. The summed E-state index contributed by atoms with van der Waals surface area (Å²) in [4.78, 5) is 11.1. The van der Waals surface area contributed by atoms with Crippen LogP contribution in [0.15, 0.2) is 0 Å². The zero-order valence-electron chi connectivity index (χ0n) is 6.32. The molecule has 0 spiro atoms. The first-order chi connectivity index (χ1) is 5.63. The lowest BCUT2D eigenvalue weighted by atomic mass is 10.4. The molecule has 6 nitrogen and oxygen atoms in total. The second-order valence-corrected chi connectivity index (χ2v) is 2.44. The summed E-state index contributed by atoms with van der Waals surface area (Å²) in [5, 5.41) is 9.08. The van der Waals surface area contributed by atoms with Crippen molar-refractivity contribution in [3.63, 3.8) is 0 Å². The minimum atomic E-state index is -0.794. The molecule has 1 aromatic rings. The molecular formula is C5H8ClN5O. The highest BCUT2D eigenvalue weighted by atomic mass is 35.5. The molecule has 1 rings (SSSR count). The lowest BCUT2D eigenvalue weighted by molar-refractivity contribution is 0.188. The molecule has 0 aliphatic heterocycles. The van der Waals surface area contributed by atoms with Crippen LogP contribution in [0.3, 0.4) is 0 Å². The maximum atomic E-state index is 9.09. The van der Waals surface area contributed by atoms with Crippen molar-refractivity contribution in [1.29, 1.82) is 0 Å². The highest BCUT2D eigenvalue weighted by Gasteiger charge is 2.08. The van der Waals surface area contributed by atoms with Gasteiger partial charge in [-0.1, -0.05) is 0 Å². The van der Waals surface area contributed by atoms with E-state index in [4.69, 9.17) is 22.6 Å². The van der Waals surface area contributed by atoms with Crippen LogP contribution in [0.1, 0.15) is 18.9 Å². The fourth-order valence-corrected chi connectivity index (χ4v) is 0.783. The molecule has 0 aliphatic rings. The molecule has 0 radical (unpaired) electrons. The lowest BCUT2D eigenvalue weighted by Crippen LogP contribution is -2.13. The number of nitrogen functional groups attached to an aromatic ring is 1. The van der Waals surface area contributed by atoms with E-state index in [1.807, 2.05) is 0 Å². The first kappa shape index (κ1) is 9.11. The van der Waals surface area contributed by atoms with Gasteiger partial charge in [-0.3, -0.25) is 5.43 Å². The van der Waals surface area contributed by atoms with Crippen LogP contribution in [-0.4, -0.2) is 20.1 Å². The number of hydrazine groups is 1. The maximum Gasteiger partial charge on any atom is 0.241 e. The van der Waals surface area contributed by atoms with E-state index in [-0.39, 0.29) is 17.1 Å². The highest BCUT2D eigenvalue weighted by Crippen LogP contribution is 2.10. The van der Waals surface area contributed by atoms with Crippen LogP contribution in [0, 0.1) is 0 Å². The molecule has 12 heavy (non-hydrogen) atoms. The molecule has 1 unspecified atom stereocenters. The van der Waals surface area contributed by atoms with Gasteiger partial charge in [-0.05, 0) is 18.5 Å². The Kier molecular flexibility index (Phi) is 2.74. The van der Waals surface area contributed by atoms with Gasteiger partial charge < -0.3 is 5.11 Å². The summed E-state index contributed by atoms with van der Waals surface area (Å²) in [7, 11) is 0. The SMILES string of the molecule is CC(O)c1nc(Cl)nc(NN)n1. The second-order valence-electron chi connectivity index (χ2n) is 2.11. The predicted octanol–water partition coefficient (Wildman–Crippen LogP) is -0.136. The number of aromatic nitrogens is 3. The molecule has 0 saturated carbocycles. The zero-order valence-corrected chi connectivity index (χ0v) is 7.08. The number of aliphatic hydroxyl groups excluding tert-OH is 1. The third kappa shape index (κ3) is 2.00. The summed E-state index contributed by atoms with van der Waals surface area (Å²) < 4.78 is 0. The van der Waals surface area contributed by atoms with Crippen LogP contribution in [0.25, 0.3) is 0 Å². The largest absolute Gasteiger partial charge is 0.385 e. The van der Waals surface area contributed by atoms with Crippen molar-refractivity contribution >= 4 is 17.5 Å². The molecule has 1 atom stereocenters. The standard InChI is InChI=1S/C5H8ClN5O/c1-2(12)3-8-4(6)10-5(9-3)11-7/h2,12H,7H2,1H3,(H,8,9,10,11). The van der Waals surface area contributed by atoms with E-state index in [2.05, 4.69) is 20.4 Å². The molecule has 0 saturated heterocycles. The van der Waals surface area contributed by atoms with Crippen molar-refractivity contribution < 1.29 is 5.11 Å². The third-order valence-corrected chi connectivity index (χ3v) is 1.30. The predicted molar refractivity (Wildman–Crippen MR) is 43.3 cm³/mol. The summed E-state index contributed by atoms with van der Waals surface area (Å²) in [6.45, 7) is 1.52. The number of nitrogens with zero attached hydrogens (tertiary/aromatic N) is 3. The molecular weight excluding hydrogens is 182 g/mol. The van der Waals surface area contributed by atoms with Crippen molar-refractivity contribution in [2.24, 2.45) is 5.84 Å². The normalized spacial score (nSPS) is 12.7. The molecule has 7 heteroatoms. The van der Waals surface area contributed by atoms with E-state index in [0.29, 0.717) is 0 Å². The number of aliphatic hydroxyl groups is 1. The van der Waals surface area contributed by atoms with Gasteiger partial charge in [-0.2, -0.15) is 15.0 Å². The molecule has 1 aromatic heterocycles. The minimum Gasteiger partial charge on any atom is -0.385 e. The Balaban J connectivity index is 3.06. The monoisotopic (exact) mass is 189 g/mol. The molecule has 4 N–H and O–H groups in total. The molecule has 66 valence electrons. The quantitative estimate of drug-likeness (QED) is 0.443. The zero-order chi connectivity index (χ0) is 9.14. The van der Waals surface area contributed by atoms with Crippen LogP contribution < -0.4 is 11.3 Å². The number of hydrogen-bond donors (Lipinski definition) is 3. The number of nitrogens with one attached hydrogen (secondary N) is 1. The molecule has 0 aromatic carbocycles. The van der Waals surface area contributed by atoms with Crippen LogP contribution in [0.2, 0.25) is 5.28 Å². The average Bonchev–Trinajstić information content (AvgIpc) is 2.03. The van der Waals surface area contributed by atoms with E-state index in [1.165, 1.54) is 6.92 Å². The Bertz CT molecular complexity index is 279. The van der Waals surface area contributed by atoms with Crippen LogP contribution in [-0.2, 0) is 0 Å². The fraction of sp³-hybridized carbons (Fsp3) is 0.400. The van der Waals surface area contributed by atoms with Crippen LogP contribution >= 0.6 is 11.6 Å². The van der Waals surface area contributed by atoms with Crippen molar-refractivity contribution in [3.8, 4) is 0 Å². The van der Waals surface area contributed by atoms with Gasteiger partial charge >= 0.3 is 0 Å². The van der Waals surface area contributed by atoms with Gasteiger partial charge in [0.15, 0.2) is 5.82 Å². The molecule has 0 bridgehead atoms. The van der Waals surface area contributed by atoms with Gasteiger partial charge in [0.05, 0.1) is 0 Å². The van der Waals surface area contributed by atoms with Crippen LogP contribution in [0.5, 0.6) is 0 Å². The fourth-order valence-electron chi connectivity index (χ4n) is 0.617. The van der Waals surface area contributed by atoms with Crippen molar-refractivity contribution in [3.05, 3.63) is 11.1 Å². The van der Waals surface area contributed by atoms with E-state index >= 15 is 0 Å². The summed E-state index contributed by atoms with van der Waals surface area (Å²) >= 11 is 5.50. The number of halogens is 1. The van der Waals surface area contributed by atoms with E-state index in [9.17, 15) is 0 Å². The van der Waals surface area contributed by atoms with E-state index in [1.54, 1.807) is 0 Å². The summed E-state index contributed by atoms with van der Waals surface area (Å²) in [6, 6.07) is 0. The first-order valence-electron chi connectivity index (χ1n) is 3.19. The first-order valence-corrected chi connectivity index (χ1v) is 3.57. The van der Waals surface area contributed by atoms with Gasteiger partial charge in [0.1, 0.15) is 6.10 Å². The smallest absolute Gasteiger partial charge is 0.241 e. The van der Waals surface area contributed by atoms with Crippen LogP contribution in [0.4, 0.5) is 5.95 Å². The van der Waals surface area contributed by atoms with Gasteiger partial charge in [0, 0.05) is 0 Å². The van der Waals surface area contributed by atoms with Crippen molar-refractivity contribution in [2.75, 3.05) is 5.43 Å². The average molecular weight is 190 g/mol. The molecule has 0 fully saturated rings. The second kappa shape index (κ2) is 3.61. The number of nitrogens with two attached hydrogens (primary N) is 1. The summed E-state index contributed by atoms with van der Waals surface area (Å²) in [6.07, 6.45) is -0.794. The highest BCUT2D eigenvalue weighted by molar-refractivity contribution is 6.28. The van der Waals surface area contributed by atoms with Crippen molar-refractivity contribution in [2.45, 2.75) is 13.0 Å². The Hall–Kier alpha value is -0.980. The maximum absolute atomic E-state index is 9.09. The molecule has 0 aliphatic carbocycles. The van der Waals surface area contributed by atoms with Gasteiger partial charge in [-0.25, -0.2) is 5.84 Å². The third-order valence-electron chi connectivity index (χ3n) is 1.13. The summed E-state index contributed by atoms with van der Waals surface area (Å²) in [5.74, 6) is 5.36. The van der Waals surface area contributed by atoms with Crippen molar-refractivity contribution in [1.82, 2.24) is 15.0 Å². The summed E-state index contributed by atoms with van der Waals surface area (Å²) in [5.41, 5.74) is 2.21. The number of hydrogen-bond acceptors (Lipinski definition) is 6. The topological polar surface area (TPSA) is 97.0 Å². The number of rotatable bonds is 2.